The normalized spacial score (nSPS) is 11.6. The molecule has 34 heavy (non-hydrogen) atoms. The summed E-state index contributed by atoms with van der Waals surface area (Å²) in [6, 6.07) is 22.3. The third kappa shape index (κ3) is 6.82. The standard InChI is InChI=1S/C26H23N3O5/c1-18(30)24-5-3-4-6-25(24)26(31)34-17-23(32-2)16-33-22-13-11-21(12-14-22)29-28-20-9-7-19(15-27)8-10-20/h3-14,23H,16-17H2,1-2H3. The van der Waals surface area contributed by atoms with E-state index in [9.17, 15) is 9.59 Å². The number of esters is 1. The number of carbonyl (C=O) groups excluding carboxylic acids is 2. The molecule has 3 aromatic carbocycles. The molecule has 1 unspecified atom stereocenters. The lowest BCUT2D eigenvalue weighted by molar-refractivity contribution is -0.00629. The number of hydrogen-bond acceptors (Lipinski definition) is 8. The summed E-state index contributed by atoms with van der Waals surface area (Å²) >= 11 is 0. The van der Waals surface area contributed by atoms with Crippen LogP contribution in [0, 0.1) is 11.3 Å². The summed E-state index contributed by atoms with van der Waals surface area (Å²) in [4.78, 5) is 24.1. The highest BCUT2D eigenvalue weighted by Crippen LogP contribution is 2.22. The van der Waals surface area contributed by atoms with Gasteiger partial charge in [-0.1, -0.05) is 18.2 Å². The van der Waals surface area contributed by atoms with Crippen molar-refractivity contribution in [2.75, 3.05) is 20.3 Å². The minimum Gasteiger partial charge on any atom is -0.491 e. The molecular formula is C26H23N3O5. The Hall–Kier alpha value is -4.35. The summed E-state index contributed by atoms with van der Waals surface area (Å²) in [7, 11) is 1.50. The number of rotatable bonds is 10. The van der Waals surface area contributed by atoms with Gasteiger partial charge in [0.25, 0.3) is 0 Å². The van der Waals surface area contributed by atoms with E-state index in [1.807, 2.05) is 0 Å². The number of nitrogens with zero attached hydrogens (tertiary/aromatic N) is 3. The lowest BCUT2D eigenvalue weighted by Crippen LogP contribution is -2.27. The first kappa shape index (κ1) is 24.3. The fraction of sp³-hybridized carbons (Fsp3) is 0.192. The largest absolute Gasteiger partial charge is 0.491 e. The Morgan fingerprint density at radius 1 is 0.882 bits per heavy atom. The lowest BCUT2D eigenvalue weighted by Gasteiger charge is -2.17. The molecule has 172 valence electrons. The van der Waals surface area contributed by atoms with Crippen LogP contribution in [-0.2, 0) is 9.47 Å². The van der Waals surface area contributed by atoms with Crippen LogP contribution >= 0.6 is 0 Å². The first-order valence-corrected chi connectivity index (χ1v) is 10.4. The number of benzene rings is 3. The number of nitriles is 1. The summed E-state index contributed by atoms with van der Waals surface area (Å²) in [5, 5.41) is 17.1. The van der Waals surface area contributed by atoms with E-state index in [-0.39, 0.29) is 24.6 Å². The summed E-state index contributed by atoms with van der Waals surface area (Å²) in [5.41, 5.74) is 2.37. The topological polar surface area (TPSA) is 110 Å². The molecule has 0 bridgehead atoms. The molecule has 0 aliphatic carbocycles. The lowest BCUT2D eigenvalue weighted by atomic mass is 10.0. The molecular weight excluding hydrogens is 434 g/mol. The van der Waals surface area contributed by atoms with Crippen molar-refractivity contribution in [1.82, 2.24) is 0 Å². The number of hydrogen-bond donors (Lipinski definition) is 0. The predicted octanol–water partition coefficient (Wildman–Crippen LogP) is 5.43. The zero-order chi connectivity index (χ0) is 24.3. The van der Waals surface area contributed by atoms with Crippen molar-refractivity contribution >= 4 is 23.1 Å². The minimum absolute atomic E-state index is 0.0293. The maximum Gasteiger partial charge on any atom is 0.338 e. The first-order chi connectivity index (χ1) is 16.5. The number of ketones is 1. The molecule has 0 spiro atoms. The van der Waals surface area contributed by atoms with Crippen LogP contribution in [0.15, 0.2) is 83.0 Å². The highest BCUT2D eigenvalue weighted by molar-refractivity contribution is 6.05. The molecule has 0 saturated heterocycles. The maximum atomic E-state index is 12.4. The Morgan fingerprint density at radius 3 is 2.03 bits per heavy atom. The number of Topliss-reactive ketones (excluding diaryl/α,β-unsaturated/α-hetero) is 1. The Bertz CT molecular complexity index is 1200. The molecule has 8 heteroatoms. The SMILES string of the molecule is COC(COC(=O)c1ccccc1C(C)=O)COc1ccc(N=Nc2ccc(C#N)cc2)cc1. The quantitative estimate of drug-likeness (QED) is 0.228. The zero-order valence-corrected chi connectivity index (χ0v) is 18.8. The summed E-state index contributed by atoms with van der Waals surface area (Å²) in [6.07, 6.45) is -0.496. The van der Waals surface area contributed by atoms with Crippen LogP contribution in [0.5, 0.6) is 5.75 Å². The van der Waals surface area contributed by atoms with E-state index in [4.69, 9.17) is 19.5 Å². The third-order valence-electron chi connectivity index (χ3n) is 4.81. The number of carbonyl (C=O) groups is 2. The molecule has 0 amide bonds. The summed E-state index contributed by atoms with van der Waals surface area (Å²) in [5.74, 6) is -0.212. The van der Waals surface area contributed by atoms with Gasteiger partial charge in [-0.25, -0.2) is 4.79 Å². The van der Waals surface area contributed by atoms with Gasteiger partial charge in [0.1, 0.15) is 25.1 Å². The summed E-state index contributed by atoms with van der Waals surface area (Å²) in [6.45, 7) is 1.53. The van der Waals surface area contributed by atoms with Gasteiger partial charge >= 0.3 is 5.97 Å². The molecule has 0 aliphatic rings. The second-order valence-electron chi connectivity index (χ2n) is 7.22. The smallest absolute Gasteiger partial charge is 0.338 e. The number of azo groups is 1. The second kappa shape index (κ2) is 12.0. The van der Waals surface area contributed by atoms with Gasteiger partial charge < -0.3 is 14.2 Å². The van der Waals surface area contributed by atoms with Gasteiger partial charge in [0.05, 0.1) is 28.6 Å². The molecule has 0 radical (unpaired) electrons. The van der Waals surface area contributed by atoms with Crippen LogP contribution in [-0.4, -0.2) is 38.2 Å². The maximum absolute atomic E-state index is 12.4. The average Bonchev–Trinajstić information content (AvgIpc) is 2.88. The van der Waals surface area contributed by atoms with Gasteiger partial charge in [-0.3, -0.25) is 4.79 Å². The van der Waals surface area contributed by atoms with Crippen LogP contribution in [0.4, 0.5) is 11.4 Å². The van der Waals surface area contributed by atoms with Crippen LogP contribution in [0.2, 0.25) is 0 Å². The molecule has 8 nitrogen and oxygen atoms in total. The van der Waals surface area contributed by atoms with E-state index < -0.39 is 12.1 Å². The Labute approximate surface area is 197 Å². The van der Waals surface area contributed by atoms with Gasteiger partial charge in [0, 0.05) is 12.7 Å². The zero-order valence-electron chi connectivity index (χ0n) is 18.8. The van der Waals surface area contributed by atoms with Crippen LogP contribution in [0.25, 0.3) is 0 Å². The highest BCUT2D eigenvalue weighted by atomic mass is 16.6. The predicted molar refractivity (Wildman–Crippen MR) is 125 cm³/mol. The summed E-state index contributed by atoms with van der Waals surface area (Å²) < 4.78 is 16.4. The second-order valence-corrected chi connectivity index (χ2v) is 7.22. The Kier molecular flexibility index (Phi) is 8.60. The van der Waals surface area contributed by atoms with E-state index in [2.05, 4.69) is 16.3 Å². The van der Waals surface area contributed by atoms with Gasteiger partial charge in [-0.15, -0.1) is 0 Å². The van der Waals surface area contributed by atoms with Crippen molar-refractivity contribution in [2.45, 2.75) is 13.0 Å². The number of ether oxygens (including phenoxy) is 3. The van der Waals surface area contributed by atoms with Crippen LogP contribution in [0.3, 0.4) is 0 Å². The number of methoxy groups -OCH3 is 1. The van der Waals surface area contributed by atoms with E-state index in [1.54, 1.807) is 72.8 Å². The molecule has 0 aromatic heterocycles. The van der Waals surface area contributed by atoms with Gasteiger partial charge in [0.2, 0.25) is 0 Å². The van der Waals surface area contributed by atoms with Crippen molar-refractivity contribution in [3.05, 3.63) is 89.5 Å². The van der Waals surface area contributed by atoms with E-state index in [0.29, 0.717) is 28.3 Å². The average molecular weight is 457 g/mol. The monoisotopic (exact) mass is 457 g/mol. The Morgan fingerprint density at radius 2 is 1.47 bits per heavy atom. The molecule has 0 fully saturated rings. The van der Waals surface area contributed by atoms with E-state index in [0.717, 1.165) is 0 Å². The van der Waals surface area contributed by atoms with Crippen LogP contribution in [0.1, 0.15) is 33.2 Å². The first-order valence-electron chi connectivity index (χ1n) is 10.4. The fourth-order valence-corrected chi connectivity index (χ4v) is 2.92. The third-order valence-corrected chi connectivity index (χ3v) is 4.81. The van der Waals surface area contributed by atoms with E-state index >= 15 is 0 Å². The van der Waals surface area contributed by atoms with Gasteiger partial charge in [-0.2, -0.15) is 15.5 Å². The van der Waals surface area contributed by atoms with E-state index in [1.165, 1.54) is 14.0 Å². The van der Waals surface area contributed by atoms with Crippen molar-refractivity contribution in [3.8, 4) is 11.8 Å². The molecule has 0 N–H and O–H groups in total. The molecule has 3 rings (SSSR count). The highest BCUT2D eigenvalue weighted by Gasteiger charge is 2.18. The van der Waals surface area contributed by atoms with Gasteiger partial charge in [-0.05, 0) is 61.5 Å². The Balaban J connectivity index is 1.50. The minimum atomic E-state index is -0.593. The van der Waals surface area contributed by atoms with Crippen LogP contribution < -0.4 is 4.74 Å². The van der Waals surface area contributed by atoms with Gasteiger partial charge in [0.15, 0.2) is 5.78 Å². The van der Waals surface area contributed by atoms with Crippen molar-refractivity contribution in [2.24, 2.45) is 10.2 Å². The molecule has 0 heterocycles. The molecule has 1 atom stereocenters. The van der Waals surface area contributed by atoms with Crippen molar-refractivity contribution in [1.29, 1.82) is 5.26 Å². The van der Waals surface area contributed by atoms with Crippen molar-refractivity contribution < 1.29 is 23.8 Å². The molecule has 3 aromatic rings. The molecule has 0 saturated carbocycles. The molecule has 0 aliphatic heterocycles. The fourth-order valence-electron chi connectivity index (χ4n) is 2.92. The van der Waals surface area contributed by atoms with Crippen molar-refractivity contribution in [3.63, 3.8) is 0 Å².